The van der Waals surface area contributed by atoms with Gasteiger partial charge in [0.05, 0.1) is 0 Å². The highest BCUT2D eigenvalue weighted by Crippen LogP contribution is 2.37. The summed E-state index contributed by atoms with van der Waals surface area (Å²) in [5.74, 6) is 0.728. The van der Waals surface area contributed by atoms with E-state index in [9.17, 15) is 0 Å². The molecular weight excluding hydrogens is 244 g/mol. The van der Waals surface area contributed by atoms with Crippen molar-refractivity contribution in [1.82, 2.24) is 10.2 Å². The lowest BCUT2D eigenvalue weighted by Crippen LogP contribution is -2.44. The maximum atomic E-state index is 3.95. The molecule has 0 spiro atoms. The van der Waals surface area contributed by atoms with Gasteiger partial charge in [-0.3, -0.25) is 0 Å². The molecular formula is C18H28N2. The molecule has 1 fully saturated rings. The van der Waals surface area contributed by atoms with Crippen molar-refractivity contribution in [3.8, 4) is 0 Å². The van der Waals surface area contributed by atoms with Crippen LogP contribution in [0.4, 0.5) is 0 Å². The summed E-state index contributed by atoms with van der Waals surface area (Å²) in [6.45, 7) is 8.37. The molecule has 2 heteroatoms. The highest BCUT2D eigenvalue weighted by molar-refractivity contribution is 5.35. The number of hydrogen-bond acceptors (Lipinski definition) is 2. The van der Waals surface area contributed by atoms with Crippen LogP contribution in [0.1, 0.15) is 62.6 Å². The van der Waals surface area contributed by atoms with E-state index in [1.807, 2.05) is 0 Å². The van der Waals surface area contributed by atoms with Crippen molar-refractivity contribution in [1.29, 1.82) is 0 Å². The van der Waals surface area contributed by atoms with Gasteiger partial charge in [-0.05, 0) is 62.4 Å². The Morgan fingerprint density at radius 3 is 2.45 bits per heavy atom. The van der Waals surface area contributed by atoms with Gasteiger partial charge in [0.1, 0.15) is 0 Å². The third-order valence-electron chi connectivity index (χ3n) is 5.26. The summed E-state index contributed by atoms with van der Waals surface area (Å²) in [5.41, 5.74) is 3.13. The van der Waals surface area contributed by atoms with E-state index in [2.05, 4.69) is 48.3 Å². The molecule has 0 bridgehead atoms. The minimum Gasteiger partial charge on any atom is -0.307 e. The van der Waals surface area contributed by atoms with E-state index in [0.29, 0.717) is 12.1 Å². The topological polar surface area (TPSA) is 15.3 Å². The summed E-state index contributed by atoms with van der Waals surface area (Å²) in [7, 11) is 0. The molecule has 0 amide bonds. The van der Waals surface area contributed by atoms with Gasteiger partial charge in [0.25, 0.3) is 0 Å². The largest absolute Gasteiger partial charge is 0.307 e. The molecule has 0 saturated carbocycles. The zero-order chi connectivity index (χ0) is 13.9. The van der Waals surface area contributed by atoms with Crippen molar-refractivity contribution < 1.29 is 0 Å². The molecule has 1 aliphatic heterocycles. The molecule has 2 atom stereocenters. The van der Waals surface area contributed by atoms with Crippen molar-refractivity contribution in [2.75, 3.05) is 19.6 Å². The van der Waals surface area contributed by atoms with Crippen LogP contribution in [0.3, 0.4) is 0 Å². The molecule has 20 heavy (non-hydrogen) atoms. The zero-order valence-corrected chi connectivity index (χ0v) is 12.9. The first-order valence-electron chi connectivity index (χ1n) is 8.35. The van der Waals surface area contributed by atoms with Gasteiger partial charge in [-0.15, -0.1) is 0 Å². The van der Waals surface area contributed by atoms with E-state index >= 15 is 0 Å². The molecule has 2 aliphatic rings. The average molecular weight is 272 g/mol. The summed E-state index contributed by atoms with van der Waals surface area (Å²) in [6, 6.07) is 10.4. The van der Waals surface area contributed by atoms with Crippen LogP contribution in [-0.2, 0) is 0 Å². The predicted molar refractivity (Wildman–Crippen MR) is 85.1 cm³/mol. The minimum absolute atomic E-state index is 0.584. The number of nitrogens with zero attached hydrogens (tertiary/aromatic N) is 1. The molecule has 1 heterocycles. The first-order chi connectivity index (χ1) is 9.78. The Labute approximate surface area is 123 Å². The SMILES string of the molecule is CCN1CCC(NC2CCC(C)c3ccccc32)CC1. The number of likely N-dealkylation sites (tertiary alicyclic amines) is 1. The van der Waals surface area contributed by atoms with Crippen LogP contribution in [-0.4, -0.2) is 30.6 Å². The quantitative estimate of drug-likeness (QED) is 0.902. The smallest absolute Gasteiger partial charge is 0.0325 e. The molecule has 2 nitrogen and oxygen atoms in total. The minimum atomic E-state index is 0.584. The second-order valence-electron chi connectivity index (χ2n) is 6.54. The first-order valence-corrected chi connectivity index (χ1v) is 8.35. The fourth-order valence-corrected chi connectivity index (χ4v) is 3.88. The third-order valence-corrected chi connectivity index (χ3v) is 5.26. The summed E-state index contributed by atoms with van der Waals surface area (Å²) in [5, 5.41) is 3.95. The first kappa shape index (κ1) is 14.1. The Kier molecular flexibility index (Phi) is 4.42. The van der Waals surface area contributed by atoms with Crippen LogP contribution in [0.5, 0.6) is 0 Å². The second-order valence-corrected chi connectivity index (χ2v) is 6.54. The van der Waals surface area contributed by atoms with E-state index in [4.69, 9.17) is 0 Å². The Bertz CT molecular complexity index is 435. The van der Waals surface area contributed by atoms with E-state index in [1.54, 1.807) is 11.1 Å². The lowest BCUT2D eigenvalue weighted by atomic mass is 9.80. The predicted octanol–water partition coefficient (Wildman–Crippen LogP) is 3.70. The van der Waals surface area contributed by atoms with Crippen molar-refractivity contribution in [2.45, 2.75) is 57.5 Å². The van der Waals surface area contributed by atoms with Gasteiger partial charge in [-0.25, -0.2) is 0 Å². The summed E-state index contributed by atoms with van der Waals surface area (Å²) in [4.78, 5) is 2.56. The maximum Gasteiger partial charge on any atom is 0.0325 e. The molecule has 0 aromatic heterocycles. The number of benzene rings is 1. The molecule has 110 valence electrons. The number of hydrogen-bond donors (Lipinski definition) is 1. The monoisotopic (exact) mass is 272 g/mol. The van der Waals surface area contributed by atoms with E-state index in [0.717, 1.165) is 5.92 Å². The van der Waals surface area contributed by atoms with Gasteiger partial charge in [-0.1, -0.05) is 38.1 Å². The molecule has 0 radical (unpaired) electrons. The fourth-order valence-electron chi connectivity index (χ4n) is 3.88. The molecule has 2 unspecified atom stereocenters. The van der Waals surface area contributed by atoms with Crippen LogP contribution < -0.4 is 5.32 Å². The number of nitrogens with one attached hydrogen (secondary N) is 1. The Morgan fingerprint density at radius 2 is 1.75 bits per heavy atom. The number of piperidine rings is 1. The Balaban J connectivity index is 1.66. The fraction of sp³-hybridized carbons (Fsp3) is 0.667. The lowest BCUT2D eigenvalue weighted by Gasteiger charge is -2.37. The summed E-state index contributed by atoms with van der Waals surface area (Å²) in [6.07, 6.45) is 5.23. The maximum absolute atomic E-state index is 3.95. The van der Waals surface area contributed by atoms with Gasteiger partial charge in [0.15, 0.2) is 0 Å². The van der Waals surface area contributed by atoms with Gasteiger partial charge in [0, 0.05) is 12.1 Å². The van der Waals surface area contributed by atoms with Crippen molar-refractivity contribution >= 4 is 0 Å². The van der Waals surface area contributed by atoms with Gasteiger partial charge in [-0.2, -0.15) is 0 Å². The van der Waals surface area contributed by atoms with Crippen LogP contribution >= 0.6 is 0 Å². The number of rotatable bonds is 3. The highest BCUT2D eigenvalue weighted by Gasteiger charge is 2.27. The summed E-state index contributed by atoms with van der Waals surface area (Å²) >= 11 is 0. The normalized spacial score (nSPS) is 28.3. The molecule has 3 rings (SSSR count). The highest BCUT2D eigenvalue weighted by atomic mass is 15.1. The Hall–Kier alpha value is -0.860. The van der Waals surface area contributed by atoms with Crippen LogP contribution in [0.15, 0.2) is 24.3 Å². The van der Waals surface area contributed by atoms with Crippen LogP contribution in [0.2, 0.25) is 0 Å². The van der Waals surface area contributed by atoms with E-state index < -0.39 is 0 Å². The Morgan fingerprint density at radius 1 is 1.05 bits per heavy atom. The average Bonchev–Trinajstić information content (AvgIpc) is 2.51. The van der Waals surface area contributed by atoms with E-state index in [1.165, 1.54) is 45.3 Å². The molecule has 1 aliphatic carbocycles. The van der Waals surface area contributed by atoms with Gasteiger partial charge in [0.2, 0.25) is 0 Å². The standard InChI is InChI=1S/C18H28N2/c1-3-20-12-10-15(11-13-20)19-18-9-8-14(2)16-6-4-5-7-17(16)18/h4-7,14-15,18-19H,3,8-13H2,1-2H3. The van der Waals surface area contributed by atoms with E-state index in [-0.39, 0.29) is 0 Å². The second kappa shape index (κ2) is 6.28. The van der Waals surface area contributed by atoms with Crippen molar-refractivity contribution in [3.63, 3.8) is 0 Å². The summed E-state index contributed by atoms with van der Waals surface area (Å²) < 4.78 is 0. The molecule has 1 aromatic carbocycles. The van der Waals surface area contributed by atoms with Crippen LogP contribution in [0, 0.1) is 0 Å². The van der Waals surface area contributed by atoms with Crippen molar-refractivity contribution in [3.05, 3.63) is 35.4 Å². The molecule has 1 aromatic rings. The third kappa shape index (κ3) is 2.91. The number of fused-ring (bicyclic) bond motifs is 1. The van der Waals surface area contributed by atoms with Gasteiger partial charge >= 0.3 is 0 Å². The van der Waals surface area contributed by atoms with Crippen LogP contribution in [0.25, 0.3) is 0 Å². The zero-order valence-electron chi connectivity index (χ0n) is 12.9. The van der Waals surface area contributed by atoms with Crippen molar-refractivity contribution in [2.24, 2.45) is 0 Å². The molecule has 1 saturated heterocycles. The lowest BCUT2D eigenvalue weighted by molar-refractivity contribution is 0.195. The molecule has 1 N–H and O–H groups in total. The van der Waals surface area contributed by atoms with Gasteiger partial charge < -0.3 is 10.2 Å².